The fourth-order valence-corrected chi connectivity index (χ4v) is 3.65. The van der Waals surface area contributed by atoms with Crippen LogP contribution in [0.3, 0.4) is 0 Å². The second kappa shape index (κ2) is 6.83. The molecule has 0 aliphatic carbocycles. The molecule has 0 heterocycles. The molecule has 0 aromatic rings. The topological polar surface area (TPSA) is 150 Å². The van der Waals surface area contributed by atoms with Gasteiger partial charge in [-0.3, -0.25) is 4.57 Å². The van der Waals surface area contributed by atoms with E-state index in [2.05, 4.69) is 4.31 Å². The molecule has 10 heteroatoms. The first kappa shape index (κ1) is 16.2. The Balaban J connectivity index is 4.43. The van der Waals surface area contributed by atoms with Crippen LogP contribution >= 0.6 is 15.4 Å². The lowest BCUT2D eigenvalue weighted by Gasteiger charge is -2.21. The first-order valence-electron chi connectivity index (χ1n) is 4.63. The van der Waals surface area contributed by atoms with Crippen LogP contribution in [0.5, 0.6) is 0 Å². The van der Waals surface area contributed by atoms with Crippen molar-refractivity contribution in [3.8, 4) is 0 Å². The number of aliphatic hydroxyl groups is 1. The molecule has 0 fully saturated rings. The van der Waals surface area contributed by atoms with Gasteiger partial charge in [0.05, 0.1) is 5.66 Å². The molecule has 98 valence electrons. The maximum atomic E-state index is 11.5. The average molecular weight is 277 g/mol. The van der Waals surface area contributed by atoms with E-state index >= 15 is 0 Å². The Bertz CT molecular complexity index is 291. The van der Waals surface area contributed by atoms with Crippen LogP contribution in [-0.4, -0.2) is 38.6 Å². The van der Waals surface area contributed by atoms with E-state index in [1.54, 1.807) is 0 Å². The standard InChI is InChI=1S/C6H17NO7P2/c7-5-6(3-1-2-4-8)15(9,10)14-16(11,12)13/h6,8H,1-5,7H2,(H,9,10)(H2,11,12,13). The van der Waals surface area contributed by atoms with Gasteiger partial charge in [-0.2, -0.15) is 0 Å². The molecule has 16 heavy (non-hydrogen) atoms. The Labute approximate surface area is 93.2 Å². The number of phosphoric acid groups is 1. The third-order valence-corrected chi connectivity index (χ3v) is 5.08. The molecule has 2 unspecified atom stereocenters. The summed E-state index contributed by atoms with van der Waals surface area (Å²) in [7, 11) is -9.45. The predicted octanol–water partition coefficient (Wildman–Crippen LogP) is -0.229. The van der Waals surface area contributed by atoms with Gasteiger partial charge in [-0.25, -0.2) is 8.88 Å². The van der Waals surface area contributed by atoms with Crippen molar-refractivity contribution in [3.63, 3.8) is 0 Å². The second-order valence-corrected chi connectivity index (χ2v) is 6.74. The maximum Gasteiger partial charge on any atom is 0.476 e. The molecule has 0 radical (unpaired) electrons. The SMILES string of the molecule is NCC(CCCCO)P(=O)(O)OP(=O)(O)O. The Morgan fingerprint density at radius 2 is 1.75 bits per heavy atom. The molecule has 0 saturated carbocycles. The van der Waals surface area contributed by atoms with E-state index in [1.807, 2.05) is 0 Å². The van der Waals surface area contributed by atoms with Crippen LogP contribution in [0.1, 0.15) is 19.3 Å². The Morgan fingerprint density at radius 3 is 2.12 bits per heavy atom. The molecule has 0 aromatic heterocycles. The van der Waals surface area contributed by atoms with Crippen molar-refractivity contribution >= 4 is 15.4 Å². The van der Waals surface area contributed by atoms with Crippen LogP contribution < -0.4 is 5.73 Å². The van der Waals surface area contributed by atoms with E-state index in [0.717, 1.165) is 0 Å². The summed E-state index contributed by atoms with van der Waals surface area (Å²) < 4.78 is 25.8. The monoisotopic (exact) mass is 277 g/mol. The molecule has 0 saturated heterocycles. The predicted molar refractivity (Wildman–Crippen MR) is 56.7 cm³/mol. The molecular weight excluding hydrogens is 260 g/mol. The van der Waals surface area contributed by atoms with Gasteiger partial charge >= 0.3 is 15.4 Å². The van der Waals surface area contributed by atoms with Gasteiger partial charge < -0.3 is 25.5 Å². The molecule has 0 rings (SSSR count). The lowest BCUT2D eigenvalue weighted by atomic mass is 10.2. The van der Waals surface area contributed by atoms with Crippen molar-refractivity contribution in [2.75, 3.05) is 13.2 Å². The van der Waals surface area contributed by atoms with Crippen LogP contribution in [0.2, 0.25) is 0 Å². The minimum atomic E-state index is -5.01. The molecule has 0 aliphatic rings. The minimum absolute atomic E-state index is 0.0631. The molecule has 0 aliphatic heterocycles. The molecule has 6 N–H and O–H groups in total. The van der Waals surface area contributed by atoms with Gasteiger partial charge in [0, 0.05) is 13.2 Å². The van der Waals surface area contributed by atoms with Gasteiger partial charge in [-0.05, 0) is 12.8 Å². The third-order valence-electron chi connectivity index (χ3n) is 1.90. The highest BCUT2D eigenvalue weighted by atomic mass is 31.3. The lowest BCUT2D eigenvalue weighted by Crippen LogP contribution is -2.21. The number of rotatable bonds is 8. The molecule has 0 amide bonds. The first-order chi connectivity index (χ1) is 7.23. The van der Waals surface area contributed by atoms with Crippen LogP contribution in [0.4, 0.5) is 0 Å². The van der Waals surface area contributed by atoms with Gasteiger partial charge in [0.15, 0.2) is 0 Å². The summed E-state index contributed by atoms with van der Waals surface area (Å²) in [6.45, 7) is -0.286. The summed E-state index contributed by atoms with van der Waals surface area (Å²) in [6.07, 6.45) is 1.00. The molecule has 0 bridgehead atoms. The van der Waals surface area contributed by atoms with E-state index < -0.39 is 21.1 Å². The molecule has 2 atom stereocenters. The van der Waals surface area contributed by atoms with E-state index in [1.165, 1.54) is 0 Å². The summed E-state index contributed by atoms with van der Waals surface area (Å²) in [4.78, 5) is 26.2. The van der Waals surface area contributed by atoms with Crippen molar-refractivity contribution in [3.05, 3.63) is 0 Å². The van der Waals surface area contributed by atoms with Crippen LogP contribution in [0.15, 0.2) is 0 Å². The summed E-state index contributed by atoms with van der Waals surface area (Å²) in [6, 6.07) is 0. The molecule has 0 spiro atoms. The van der Waals surface area contributed by atoms with Crippen LogP contribution in [0, 0.1) is 0 Å². The first-order valence-corrected chi connectivity index (χ1v) is 7.81. The summed E-state index contributed by atoms with van der Waals surface area (Å²) in [5.74, 6) is 0. The second-order valence-electron chi connectivity index (χ2n) is 3.25. The van der Waals surface area contributed by atoms with Crippen molar-refractivity contribution in [2.45, 2.75) is 24.9 Å². The number of nitrogens with two attached hydrogens (primary N) is 1. The van der Waals surface area contributed by atoms with E-state index in [-0.39, 0.29) is 19.6 Å². The fraction of sp³-hybridized carbons (Fsp3) is 1.00. The Kier molecular flexibility index (Phi) is 6.93. The number of hydrogen-bond donors (Lipinski definition) is 5. The maximum absolute atomic E-state index is 11.5. The van der Waals surface area contributed by atoms with Gasteiger partial charge in [0.25, 0.3) is 0 Å². The molecular formula is C6H17NO7P2. The zero-order valence-corrected chi connectivity index (χ0v) is 10.4. The van der Waals surface area contributed by atoms with Gasteiger partial charge in [-0.15, -0.1) is 0 Å². The van der Waals surface area contributed by atoms with E-state index in [4.69, 9.17) is 20.6 Å². The molecule has 0 aromatic carbocycles. The highest BCUT2D eigenvalue weighted by Gasteiger charge is 2.37. The van der Waals surface area contributed by atoms with Crippen molar-refractivity contribution in [1.82, 2.24) is 0 Å². The summed E-state index contributed by atoms with van der Waals surface area (Å²) >= 11 is 0. The molecule has 8 nitrogen and oxygen atoms in total. The average Bonchev–Trinajstić information content (AvgIpc) is 2.08. The van der Waals surface area contributed by atoms with Gasteiger partial charge in [0.2, 0.25) is 0 Å². The van der Waals surface area contributed by atoms with Crippen molar-refractivity contribution < 1.29 is 33.2 Å². The smallest absolute Gasteiger partial charge is 0.396 e. The fourth-order valence-electron chi connectivity index (χ4n) is 1.13. The number of unbranched alkanes of at least 4 members (excludes halogenated alkanes) is 1. The minimum Gasteiger partial charge on any atom is -0.396 e. The zero-order chi connectivity index (χ0) is 12.8. The van der Waals surface area contributed by atoms with E-state index in [0.29, 0.717) is 12.8 Å². The van der Waals surface area contributed by atoms with Crippen molar-refractivity contribution in [2.24, 2.45) is 5.73 Å². The number of hydrogen-bond acceptors (Lipinski definition) is 5. The largest absolute Gasteiger partial charge is 0.476 e. The highest BCUT2D eigenvalue weighted by Crippen LogP contribution is 2.60. The van der Waals surface area contributed by atoms with Gasteiger partial charge in [0.1, 0.15) is 0 Å². The normalized spacial score (nSPS) is 18.1. The summed E-state index contributed by atoms with van der Waals surface area (Å²) in [5, 5.41) is 8.52. The Hall–Kier alpha value is 0.220. The van der Waals surface area contributed by atoms with Crippen molar-refractivity contribution in [1.29, 1.82) is 0 Å². The number of aliphatic hydroxyl groups excluding tert-OH is 1. The lowest BCUT2D eigenvalue weighted by molar-refractivity contribution is 0.255. The van der Waals surface area contributed by atoms with E-state index in [9.17, 15) is 14.0 Å². The summed E-state index contributed by atoms with van der Waals surface area (Å²) in [5.41, 5.74) is 4.20. The zero-order valence-electron chi connectivity index (χ0n) is 8.60. The Morgan fingerprint density at radius 1 is 1.19 bits per heavy atom. The van der Waals surface area contributed by atoms with Crippen LogP contribution in [-0.2, 0) is 13.4 Å². The third kappa shape index (κ3) is 6.73. The van der Waals surface area contributed by atoms with Gasteiger partial charge in [-0.1, -0.05) is 6.42 Å². The quantitative estimate of drug-likeness (QED) is 0.301. The van der Waals surface area contributed by atoms with Crippen LogP contribution in [0.25, 0.3) is 0 Å². The highest BCUT2D eigenvalue weighted by molar-refractivity contribution is 7.64.